The van der Waals surface area contributed by atoms with E-state index in [9.17, 15) is 4.39 Å². The van der Waals surface area contributed by atoms with E-state index in [2.05, 4.69) is 18.8 Å². The molecule has 0 aliphatic heterocycles. The molecule has 2 atom stereocenters. The average Bonchev–Trinajstić information content (AvgIpc) is 2.22. The molecule has 0 spiro atoms. The van der Waals surface area contributed by atoms with Crippen LogP contribution < -0.4 is 5.73 Å². The maximum absolute atomic E-state index is 12.7. The maximum Gasteiger partial charge on any atom is 0.141 e. The van der Waals surface area contributed by atoms with Crippen LogP contribution in [0.5, 0.6) is 0 Å². The lowest BCUT2D eigenvalue weighted by Crippen LogP contribution is -2.28. The molecule has 0 fully saturated rings. The van der Waals surface area contributed by atoms with Crippen LogP contribution in [0.15, 0.2) is 18.3 Å². The SMILES string of the molecule is CCCC(N)C(CC)c1ccc(F)cn1. The maximum atomic E-state index is 12.7. The van der Waals surface area contributed by atoms with Gasteiger partial charge in [0.05, 0.1) is 6.20 Å². The molecular weight excluding hydrogens is 191 g/mol. The van der Waals surface area contributed by atoms with Gasteiger partial charge in [0.15, 0.2) is 0 Å². The van der Waals surface area contributed by atoms with Crippen molar-refractivity contribution in [2.75, 3.05) is 0 Å². The Kier molecular flexibility index (Phi) is 4.69. The van der Waals surface area contributed by atoms with Crippen molar-refractivity contribution in [3.63, 3.8) is 0 Å². The summed E-state index contributed by atoms with van der Waals surface area (Å²) in [4.78, 5) is 4.10. The molecule has 0 amide bonds. The van der Waals surface area contributed by atoms with Gasteiger partial charge in [-0.1, -0.05) is 20.3 Å². The van der Waals surface area contributed by atoms with Gasteiger partial charge in [-0.25, -0.2) is 4.39 Å². The molecule has 0 aliphatic rings. The van der Waals surface area contributed by atoms with Gasteiger partial charge in [0.2, 0.25) is 0 Å². The van der Waals surface area contributed by atoms with Crippen molar-refractivity contribution in [1.82, 2.24) is 4.98 Å². The zero-order valence-electron chi connectivity index (χ0n) is 9.41. The van der Waals surface area contributed by atoms with E-state index in [0.717, 1.165) is 25.0 Å². The second-order valence-electron chi connectivity index (χ2n) is 3.87. The van der Waals surface area contributed by atoms with Crippen LogP contribution in [-0.4, -0.2) is 11.0 Å². The van der Waals surface area contributed by atoms with Crippen molar-refractivity contribution >= 4 is 0 Å². The van der Waals surface area contributed by atoms with Crippen LogP contribution >= 0.6 is 0 Å². The summed E-state index contributed by atoms with van der Waals surface area (Å²) < 4.78 is 12.7. The Balaban J connectivity index is 2.77. The van der Waals surface area contributed by atoms with Crippen LogP contribution in [0.3, 0.4) is 0 Å². The molecule has 2 unspecified atom stereocenters. The summed E-state index contributed by atoms with van der Waals surface area (Å²) in [5, 5.41) is 0. The Labute approximate surface area is 90.7 Å². The highest BCUT2D eigenvalue weighted by Gasteiger charge is 2.18. The lowest BCUT2D eigenvalue weighted by molar-refractivity contribution is 0.473. The fraction of sp³-hybridized carbons (Fsp3) is 0.583. The third kappa shape index (κ3) is 3.27. The molecule has 1 aromatic heterocycles. The Bertz CT molecular complexity index is 284. The first-order valence-corrected chi connectivity index (χ1v) is 5.56. The van der Waals surface area contributed by atoms with Gasteiger partial charge in [-0.2, -0.15) is 0 Å². The molecule has 0 aliphatic carbocycles. The molecule has 15 heavy (non-hydrogen) atoms. The molecule has 1 heterocycles. The van der Waals surface area contributed by atoms with E-state index in [0.29, 0.717) is 0 Å². The average molecular weight is 210 g/mol. The van der Waals surface area contributed by atoms with E-state index in [-0.39, 0.29) is 17.8 Å². The molecule has 0 aromatic carbocycles. The Morgan fingerprint density at radius 3 is 2.60 bits per heavy atom. The number of hydrogen-bond acceptors (Lipinski definition) is 2. The summed E-state index contributed by atoms with van der Waals surface area (Å²) in [5.41, 5.74) is 6.98. The molecule has 84 valence electrons. The highest BCUT2D eigenvalue weighted by molar-refractivity contribution is 5.12. The standard InChI is InChI=1S/C12H19FN2/c1-3-5-11(14)10(4-2)12-7-6-9(13)8-15-12/h6-8,10-11H,3-5,14H2,1-2H3. The molecule has 2 nitrogen and oxygen atoms in total. The van der Waals surface area contributed by atoms with Crippen LogP contribution in [-0.2, 0) is 0 Å². The van der Waals surface area contributed by atoms with E-state index in [1.807, 2.05) is 0 Å². The monoisotopic (exact) mass is 210 g/mol. The van der Waals surface area contributed by atoms with Gasteiger partial charge in [0.1, 0.15) is 5.82 Å². The lowest BCUT2D eigenvalue weighted by atomic mass is 9.91. The molecule has 1 rings (SSSR count). The summed E-state index contributed by atoms with van der Waals surface area (Å²) in [6, 6.07) is 3.31. The van der Waals surface area contributed by atoms with Gasteiger partial charge in [0, 0.05) is 17.7 Å². The first kappa shape index (κ1) is 12.1. The first-order chi connectivity index (χ1) is 7.19. The smallest absolute Gasteiger partial charge is 0.141 e. The lowest BCUT2D eigenvalue weighted by Gasteiger charge is -2.21. The number of pyridine rings is 1. The van der Waals surface area contributed by atoms with E-state index in [4.69, 9.17) is 5.73 Å². The summed E-state index contributed by atoms with van der Waals surface area (Å²) in [6.45, 7) is 4.20. The topological polar surface area (TPSA) is 38.9 Å². The highest BCUT2D eigenvalue weighted by atomic mass is 19.1. The molecule has 0 saturated heterocycles. The fourth-order valence-corrected chi connectivity index (χ4v) is 1.87. The Morgan fingerprint density at radius 2 is 2.13 bits per heavy atom. The zero-order chi connectivity index (χ0) is 11.3. The van der Waals surface area contributed by atoms with Crippen LogP contribution in [0.1, 0.15) is 44.7 Å². The predicted molar refractivity (Wildman–Crippen MR) is 60.1 cm³/mol. The van der Waals surface area contributed by atoms with E-state index >= 15 is 0 Å². The fourth-order valence-electron chi connectivity index (χ4n) is 1.87. The van der Waals surface area contributed by atoms with Crippen molar-refractivity contribution in [1.29, 1.82) is 0 Å². The van der Waals surface area contributed by atoms with Gasteiger partial charge >= 0.3 is 0 Å². The minimum atomic E-state index is -0.294. The van der Waals surface area contributed by atoms with Crippen molar-refractivity contribution in [3.8, 4) is 0 Å². The van der Waals surface area contributed by atoms with Gasteiger partial charge < -0.3 is 5.73 Å². The molecular formula is C12H19FN2. The summed E-state index contributed by atoms with van der Waals surface area (Å²) in [6.07, 6.45) is 4.26. The van der Waals surface area contributed by atoms with Gasteiger partial charge in [-0.05, 0) is 25.0 Å². The van der Waals surface area contributed by atoms with Crippen molar-refractivity contribution in [2.45, 2.75) is 45.1 Å². The first-order valence-electron chi connectivity index (χ1n) is 5.56. The number of halogens is 1. The van der Waals surface area contributed by atoms with Crippen LogP contribution in [0, 0.1) is 5.82 Å². The molecule has 0 bridgehead atoms. The number of aromatic nitrogens is 1. The summed E-state index contributed by atoms with van der Waals surface area (Å²) >= 11 is 0. The van der Waals surface area contributed by atoms with Gasteiger partial charge in [0.25, 0.3) is 0 Å². The largest absolute Gasteiger partial charge is 0.327 e. The number of rotatable bonds is 5. The molecule has 3 heteroatoms. The molecule has 0 radical (unpaired) electrons. The predicted octanol–water partition coefficient (Wildman–Crippen LogP) is 2.84. The normalized spacial score (nSPS) is 14.9. The molecule has 2 N–H and O–H groups in total. The second-order valence-corrected chi connectivity index (χ2v) is 3.87. The number of nitrogens with two attached hydrogens (primary N) is 1. The van der Waals surface area contributed by atoms with Crippen LogP contribution in [0.2, 0.25) is 0 Å². The van der Waals surface area contributed by atoms with E-state index < -0.39 is 0 Å². The number of hydrogen-bond donors (Lipinski definition) is 1. The molecule has 1 aromatic rings. The van der Waals surface area contributed by atoms with E-state index in [1.54, 1.807) is 6.07 Å². The van der Waals surface area contributed by atoms with Crippen LogP contribution in [0.4, 0.5) is 4.39 Å². The third-order valence-corrected chi connectivity index (χ3v) is 2.71. The quantitative estimate of drug-likeness (QED) is 0.811. The Morgan fingerprint density at radius 1 is 1.40 bits per heavy atom. The minimum absolute atomic E-state index is 0.123. The second kappa shape index (κ2) is 5.81. The molecule has 0 saturated carbocycles. The number of nitrogens with zero attached hydrogens (tertiary/aromatic N) is 1. The highest BCUT2D eigenvalue weighted by Crippen LogP contribution is 2.22. The Hall–Kier alpha value is -0.960. The van der Waals surface area contributed by atoms with Crippen molar-refractivity contribution in [3.05, 3.63) is 29.8 Å². The van der Waals surface area contributed by atoms with E-state index in [1.165, 1.54) is 12.3 Å². The van der Waals surface area contributed by atoms with Crippen molar-refractivity contribution < 1.29 is 4.39 Å². The summed E-state index contributed by atoms with van der Waals surface area (Å²) in [5.74, 6) is -0.0526. The summed E-state index contributed by atoms with van der Waals surface area (Å²) in [7, 11) is 0. The van der Waals surface area contributed by atoms with Gasteiger partial charge in [-0.15, -0.1) is 0 Å². The van der Waals surface area contributed by atoms with Gasteiger partial charge in [-0.3, -0.25) is 4.98 Å². The van der Waals surface area contributed by atoms with Crippen LogP contribution in [0.25, 0.3) is 0 Å². The minimum Gasteiger partial charge on any atom is -0.327 e. The van der Waals surface area contributed by atoms with Crippen molar-refractivity contribution in [2.24, 2.45) is 5.73 Å². The zero-order valence-corrected chi connectivity index (χ0v) is 9.41. The third-order valence-electron chi connectivity index (χ3n) is 2.71.